The van der Waals surface area contributed by atoms with Crippen molar-refractivity contribution in [3.63, 3.8) is 0 Å². The lowest BCUT2D eigenvalue weighted by Crippen LogP contribution is -2.15. The SMILES string of the molecule is Cc1nc(CSCC(=O)Nc2cc(S(C)(=O)=O)ccc2C)no1. The number of nitrogens with one attached hydrogen (secondary N) is 1. The molecule has 9 heteroatoms. The number of carbonyl (C=O) groups is 1. The normalized spacial score (nSPS) is 11.4. The zero-order chi connectivity index (χ0) is 17.0. The van der Waals surface area contributed by atoms with E-state index in [1.165, 1.54) is 23.9 Å². The maximum atomic E-state index is 12.0. The fourth-order valence-electron chi connectivity index (χ4n) is 1.79. The van der Waals surface area contributed by atoms with E-state index in [9.17, 15) is 13.2 Å². The van der Waals surface area contributed by atoms with Crippen LogP contribution in [0.5, 0.6) is 0 Å². The second-order valence-electron chi connectivity index (χ2n) is 5.02. The molecule has 0 saturated heterocycles. The first-order valence-electron chi connectivity index (χ1n) is 6.73. The van der Waals surface area contributed by atoms with Crippen molar-refractivity contribution in [2.45, 2.75) is 24.5 Å². The number of rotatable bonds is 6. The molecule has 0 unspecified atom stereocenters. The van der Waals surface area contributed by atoms with Crippen LogP contribution in [0, 0.1) is 13.8 Å². The van der Waals surface area contributed by atoms with Crippen LogP contribution in [0.15, 0.2) is 27.6 Å². The highest BCUT2D eigenvalue weighted by atomic mass is 32.2. The number of benzene rings is 1. The molecule has 124 valence electrons. The largest absolute Gasteiger partial charge is 0.340 e. The van der Waals surface area contributed by atoms with E-state index in [0.717, 1.165) is 11.8 Å². The number of hydrogen-bond donors (Lipinski definition) is 1. The van der Waals surface area contributed by atoms with Gasteiger partial charge in [0, 0.05) is 18.9 Å². The van der Waals surface area contributed by atoms with E-state index in [0.29, 0.717) is 23.2 Å². The molecule has 0 saturated carbocycles. The summed E-state index contributed by atoms with van der Waals surface area (Å²) in [5.74, 6) is 1.47. The maximum absolute atomic E-state index is 12.0. The minimum Gasteiger partial charge on any atom is -0.340 e. The molecular formula is C14H17N3O4S2. The first-order chi connectivity index (χ1) is 10.8. The quantitative estimate of drug-likeness (QED) is 0.845. The van der Waals surface area contributed by atoms with Gasteiger partial charge in [-0.1, -0.05) is 11.2 Å². The van der Waals surface area contributed by atoms with Crippen LogP contribution in [0.3, 0.4) is 0 Å². The molecule has 0 bridgehead atoms. The highest BCUT2D eigenvalue weighted by Crippen LogP contribution is 2.20. The van der Waals surface area contributed by atoms with Crippen LogP contribution in [0.25, 0.3) is 0 Å². The molecule has 1 N–H and O–H groups in total. The molecule has 0 atom stereocenters. The Labute approximate surface area is 138 Å². The summed E-state index contributed by atoms with van der Waals surface area (Å²) in [6.45, 7) is 3.50. The van der Waals surface area contributed by atoms with E-state index in [-0.39, 0.29) is 16.6 Å². The molecule has 1 aromatic carbocycles. The molecule has 0 fully saturated rings. The van der Waals surface area contributed by atoms with Crippen LogP contribution in [-0.2, 0) is 20.4 Å². The Morgan fingerprint density at radius 2 is 2.09 bits per heavy atom. The molecule has 0 spiro atoms. The molecular weight excluding hydrogens is 338 g/mol. The Morgan fingerprint density at radius 1 is 1.35 bits per heavy atom. The lowest BCUT2D eigenvalue weighted by molar-refractivity contribution is -0.113. The van der Waals surface area contributed by atoms with Crippen LogP contribution < -0.4 is 5.32 Å². The van der Waals surface area contributed by atoms with E-state index >= 15 is 0 Å². The summed E-state index contributed by atoms with van der Waals surface area (Å²) < 4.78 is 28.0. The van der Waals surface area contributed by atoms with Gasteiger partial charge in [0.2, 0.25) is 11.8 Å². The number of anilines is 1. The van der Waals surface area contributed by atoms with Gasteiger partial charge in [-0.2, -0.15) is 4.98 Å². The molecule has 2 aromatic rings. The second kappa shape index (κ2) is 7.14. The molecule has 1 aromatic heterocycles. The van der Waals surface area contributed by atoms with E-state index < -0.39 is 9.84 Å². The summed E-state index contributed by atoms with van der Waals surface area (Å²) in [6.07, 6.45) is 1.13. The van der Waals surface area contributed by atoms with Gasteiger partial charge in [-0.05, 0) is 24.6 Å². The highest BCUT2D eigenvalue weighted by molar-refractivity contribution is 7.99. The number of thioether (sulfide) groups is 1. The Hall–Kier alpha value is -1.87. The zero-order valence-electron chi connectivity index (χ0n) is 13.0. The Bertz CT molecular complexity index is 815. The third-order valence-corrected chi connectivity index (χ3v) is 4.98. The average molecular weight is 355 g/mol. The fourth-order valence-corrected chi connectivity index (χ4v) is 3.09. The van der Waals surface area contributed by atoms with Crippen LogP contribution in [-0.4, -0.2) is 36.5 Å². The van der Waals surface area contributed by atoms with E-state index in [2.05, 4.69) is 15.5 Å². The van der Waals surface area contributed by atoms with Gasteiger partial charge < -0.3 is 9.84 Å². The summed E-state index contributed by atoms with van der Waals surface area (Å²) in [4.78, 5) is 16.2. The van der Waals surface area contributed by atoms with Crippen LogP contribution in [0.1, 0.15) is 17.3 Å². The van der Waals surface area contributed by atoms with Gasteiger partial charge in [0.25, 0.3) is 0 Å². The monoisotopic (exact) mass is 355 g/mol. The number of amides is 1. The third kappa shape index (κ3) is 5.07. The van der Waals surface area contributed by atoms with Crippen molar-refractivity contribution in [2.24, 2.45) is 0 Å². The Morgan fingerprint density at radius 3 is 2.70 bits per heavy atom. The molecule has 0 radical (unpaired) electrons. The van der Waals surface area contributed by atoms with Crippen molar-refractivity contribution >= 4 is 33.2 Å². The van der Waals surface area contributed by atoms with Crippen molar-refractivity contribution in [2.75, 3.05) is 17.3 Å². The van der Waals surface area contributed by atoms with E-state index in [1.54, 1.807) is 19.9 Å². The van der Waals surface area contributed by atoms with Crippen molar-refractivity contribution < 1.29 is 17.7 Å². The fraction of sp³-hybridized carbons (Fsp3) is 0.357. The summed E-state index contributed by atoms with van der Waals surface area (Å²) in [5, 5.41) is 6.47. The summed E-state index contributed by atoms with van der Waals surface area (Å²) in [5.41, 5.74) is 1.29. The van der Waals surface area contributed by atoms with Crippen molar-refractivity contribution in [1.29, 1.82) is 0 Å². The average Bonchev–Trinajstić information content (AvgIpc) is 2.85. The predicted octanol–water partition coefficient (Wildman–Crippen LogP) is 1.96. The number of sulfone groups is 1. The number of carbonyl (C=O) groups excluding carboxylic acids is 1. The number of aromatic nitrogens is 2. The molecule has 1 heterocycles. The van der Waals surface area contributed by atoms with Crippen LogP contribution in [0.2, 0.25) is 0 Å². The summed E-state index contributed by atoms with van der Waals surface area (Å²) in [7, 11) is -3.31. The lowest BCUT2D eigenvalue weighted by Gasteiger charge is -2.09. The molecule has 0 aliphatic carbocycles. The standard InChI is InChI=1S/C14H17N3O4S2/c1-9-4-5-11(23(3,19)20)6-12(9)16-14(18)8-22-7-13-15-10(2)21-17-13/h4-6H,7-8H2,1-3H3,(H,16,18). The van der Waals surface area contributed by atoms with E-state index in [4.69, 9.17) is 4.52 Å². The van der Waals surface area contributed by atoms with Gasteiger partial charge in [-0.25, -0.2) is 8.42 Å². The molecule has 23 heavy (non-hydrogen) atoms. The minimum absolute atomic E-state index is 0.174. The van der Waals surface area contributed by atoms with E-state index in [1.807, 2.05) is 0 Å². The van der Waals surface area contributed by atoms with Crippen LogP contribution >= 0.6 is 11.8 Å². The number of aryl methyl sites for hydroxylation is 2. The van der Waals surface area contributed by atoms with Gasteiger partial charge in [-0.3, -0.25) is 4.79 Å². The first-order valence-corrected chi connectivity index (χ1v) is 9.78. The Kier molecular flexibility index (Phi) is 5.42. The van der Waals surface area contributed by atoms with Gasteiger partial charge in [0.05, 0.1) is 16.4 Å². The number of hydrogen-bond acceptors (Lipinski definition) is 7. The summed E-state index contributed by atoms with van der Waals surface area (Å²) >= 11 is 1.35. The van der Waals surface area contributed by atoms with Crippen molar-refractivity contribution in [3.05, 3.63) is 35.5 Å². The van der Waals surface area contributed by atoms with Crippen molar-refractivity contribution in [3.8, 4) is 0 Å². The van der Waals surface area contributed by atoms with Gasteiger partial charge in [-0.15, -0.1) is 11.8 Å². The minimum atomic E-state index is -3.31. The van der Waals surface area contributed by atoms with Gasteiger partial charge in [0.1, 0.15) is 0 Å². The van der Waals surface area contributed by atoms with Gasteiger partial charge >= 0.3 is 0 Å². The topological polar surface area (TPSA) is 102 Å². The predicted molar refractivity (Wildman–Crippen MR) is 88.1 cm³/mol. The molecule has 1 amide bonds. The smallest absolute Gasteiger partial charge is 0.234 e. The third-order valence-electron chi connectivity index (χ3n) is 2.95. The molecule has 2 rings (SSSR count). The van der Waals surface area contributed by atoms with Crippen molar-refractivity contribution in [1.82, 2.24) is 10.1 Å². The van der Waals surface area contributed by atoms with Crippen LogP contribution in [0.4, 0.5) is 5.69 Å². The zero-order valence-corrected chi connectivity index (χ0v) is 14.6. The first kappa shape index (κ1) is 17.5. The second-order valence-corrected chi connectivity index (χ2v) is 8.02. The lowest BCUT2D eigenvalue weighted by atomic mass is 10.2. The van der Waals surface area contributed by atoms with Gasteiger partial charge in [0.15, 0.2) is 15.7 Å². The molecule has 0 aliphatic rings. The maximum Gasteiger partial charge on any atom is 0.234 e. The number of nitrogens with zero attached hydrogens (tertiary/aromatic N) is 2. The Balaban J connectivity index is 1.94. The summed E-state index contributed by atoms with van der Waals surface area (Å²) in [6, 6.07) is 4.66. The molecule has 7 nitrogen and oxygen atoms in total. The highest BCUT2D eigenvalue weighted by Gasteiger charge is 2.12. The molecule has 0 aliphatic heterocycles.